The van der Waals surface area contributed by atoms with E-state index in [1.807, 2.05) is 0 Å². The molecule has 0 saturated heterocycles. The maximum atomic E-state index is 13.4. The summed E-state index contributed by atoms with van der Waals surface area (Å²) in [5.41, 5.74) is 3.15. The van der Waals surface area contributed by atoms with Crippen molar-refractivity contribution in [2.45, 2.75) is 6.18 Å². The molecule has 0 atom stereocenters. The minimum Gasteiger partial charge on any atom is -0.386 e. The van der Waals surface area contributed by atoms with E-state index in [1.165, 1.54) is 0 Å². The molecule has 1 rings (SSSR count). The van der Waals surface area contributed by atoms with Gasteiger partial charge in [-0.05, 0) is 28.1 Å². The fourth-order valence-electron chi connectivity index (χ4n) is 1.09. The Hall–Kier alpha value is -0.820. The number of benzene rings is 1. The molecule has 0 bridgehead atoms. The summed E-state index contributed by atoms with van der Waals surface area (Å²) in [5, 5.41) is 0. The van der Waals surface area contributed by atoms with Crippen molar-refractivity contribution in [1.29, 1.82) is 0 Å². The fraction of sp³-hybridized carbons (Fsp3) is 0.222. The molecule has 1 aromatic carbocycles. The van der Waals surface area contributed by atoms with E-state index in [0.717, 1.165) is 12.1 Å². The Morgan fingerprint density at radius 3 is 2.47 bits per heavy atom. The first-order valence-corrected chi connectivity index (χ1v) is 5.54. The van der Waals surface area contributed by atoms with Crippen LogP contribution in [0.4, 0.5) is 23.2 Å². The largest absolute Gasteiger partial charge is 0.421 e. The first-order valence-electron chi connectivity index (χ1n) is 4.21. The predicted molar refractivity (Wildman–Crippen MR) is 61.1 cm³/mol. The summed E-state index contributed by atoms with van der Waals surface area (Å²) in [4.78, 5) is 3.43. The second-order valence-electron chi connectivity index (χ2n) is 2.99. The molecule has 0 fully saturated rings. The quantitative estimate of drug-likeness (QED) is 0.380. The second-order valence-corrected chi connectivity index (χ2v) is 4.11. The zero-order valence-electron chi connectivity index (χ0n) is 8.15. The Bertz CT molecular complexity index is 459. The highest BCUT2D eigenvalue weighted by Gasteiger charge is 2.38. The van der Waals surface area contributed by atoms with Crippen molar-refractivity contribution in [3.63, 3.8) is 0 Å². The van der Waals surface area contributed by atoms with E-state index in [1.54, 1.807) is 0 Å². The van der Waals surface area contributed by atoms with E-state index in [2.05, 4.69) is 20.9 Å². The first-order chi connectivity index (χ1) is 7.77. The van der Waals surface area contributed by atoms with Gasteiger partial charge in [0.25, 0.3) is 0 Å². The lowest BCUT2D eigenvalue weighted by molar-refractivity contribution is -0.139. The van der Waals surface area contributed by atoms with Gasteiger partial charge >= 0.3 is 6.18 Å². The molecule has 0 saturated carbocycles. The summed E-state index contributed by atoms with van der Waals surface area (Å²) in [6.07, 6.45) is -4.86. The van der Waals surface area contributed by atoms with Gasteiger partial charge in [0.15, 0.2) is 5.82 Å². The Labute approximate surface area is 108 Å². The molecule has 1 aromatic rings. The SMILES string of the molecule is NC(CCl)=Nc1ccc(Br)c(F)c1C(F)(F)F. The lowest BCUT2D eigenvalue weighted by atomic mass is 10.1. The second kappa shape index (κ2) is 5.22. The molecule has 17 heavy (non-hydrogen) atoms. The van der Waals surface area contributed by atoms with Crippen LogP contribution in [0.1, 0.15) is 5.56 Å². The van der Waals surface area contributed by atoms with Crippen LogP contribution in [-0.2, 0) is 6.18 Å². The third-order valence-electron chi connectivity index (χ3n) is 1.76. The Morgan fingerprint density at radius 1 is 1.41 bits per heavy atom. The number of aliphatic imine (C=N–C) groups is 1. The van der Waals surface area contributed by atoms with Gasteiger partial charge in [-0.25, -0.2) is 9.38 Å². The van der Waals surface area contributed by atoms with Crippen molar-refractivity contribution < 1.29 is 17.6 Å². The van der Waals surface area contributed by atoms with E-state index >= 15 is 0 Å². The molecule has 0 unspecified atom stereocenters. The van der Waals surface area contributed by atoms with Crippen molar-refractivity contribution in [3.05, 3.63) is 28.0 Å². The van der Waals surface area contributed by atoms with E-state index < -0.39 is 23.2 Å². The number of hydrogen-bond acceptors (Lipinski definition) is 1. The molecule has 2 N–H and O–H groups in total. The Balaban J connectivity index is 3.47. The third-order valence-corrected chi connectivity index (χ3v) is 2.64. The summed E-state index contributed by atoms with van der Waals surface area (Å²) in [6, 6.07) is 2.13. The predicted octanol–water partition coefficient (Wildman–Crippen LogP) is 3.83. The molecule has 0 aliphatic heterocycles. The molecule has 8 heteroatoms. The van der Waals surface area contributed by atoms with Crippen molar-refractivity contribution >= 4 is 39.1 Å². The van der Waals surface area contributed by atoms with Gasteiger partial charge in [-0.1, -0.05) is 0 Å². The molecule has 0 radical (unpaired) electrons. The smallest absolute Gasteiger partial charge is 0.386 e. The highest BCUT2D eigenvalue weighted by atomic mass is 79.9. The van der Waals surface area contributed by atoms with Crippen LogP contribution in [0.5, 0.6) is 0 Å². The summed E-state index contributed by atoms with van der Waals surface area (Å²) >= 11 is 7.97. The van der Waals surface area contributed by atoms with Crippen LogP contribution in [0.2, 0.25) is 0 Å². The van der Waals surface area contributed by atoms with Crippen molar-refractivity contribution in [2.24, 2.45) is 10.7 Å². The van der Waals surface area contributed by atoms with Gasteiger partial charge < -0.3 is 5.73 Å². The molecule has 0 heterocycles. The Kier molecular flexibility index (Phi) is 4.37. The standard InChI is InChI=1S/C9H6BrClF4N2/c10-4-1-2-5(17-6(16)3-11)7(8(4)12)9(13,14)15/h1-2H,3H2,(H2,16,17). The summed E-state index contributed by atoms with van der Waals surface area (Å²) in [7, 11) is 0. The average Bonchev–Trinajstić information content (AvgIpc) is 2.21. The zero-order chi connectivity index (χ0) is 13.2. The molecule has 0 spiro atoms. The average molecular weight is 334 g/mol. The van der Waals surface area contributed by atoms with Gasteiger partial charge in [-0.2, -0.15) is 13.2 Å². The van der Waals surface area contributed by atoms with Crippen LogP contribution >= 0.6 is 27.5 Å². The summed E-state index contributed by atoms with van der Waals surface area (Å²) in [5.74, 6) is -1.89. The molecular weight excluding hydrogens is 327 g/mol. The molecule has 0 aliphatic rings. The van der Waals surface area contributed by atoms with E-state index in [0.29, 0.717) is 0 Å². The molecule has 0 aromatic heterocycles. The number of nitrogens with zero attached hydrogens (tertiary/aromatic N) is 1. The summed E-state index contributed by atoms with van der Waals surface area (Å²) < 4.78 is 51.0. The minimum absolute atomic E-state index is 0.223. The van der Waals surface area contributed by atoms with Crippen molar-refractivity contribution in [3.8, 4) is 0 Å². The van der Waals surface area contributed by atoms with E-state index in [9.17, 15) is 17.6 Å². The van der Waals surface area contributed by atoms with Gasteiger partial charge in [-0.15, -0.1) is 11.6 Å². The fourth-order valence-corrected chi connectivity index (χ4v) is 1.48. The van der Waals surface area contributed by atoms with Crippen LogP contribution in [0, 0.1) is 5.82 Å². The first kappa shape index (κ1) is 14.2. The van der Waals surface area contributed by atoms with Gasteiger partial charge in [0.1, 0.15) is 11.4 Å². The topological polar surface area (TPSA) is 38.4 Å². The van der Waals surface area contributed by atoms with Crippen LogP contribution in [0.3, 0.4) is 0 Å². The van der Waals surface area contributed by atoms with E-state index in [-0.39, 0.29) is 16.2 Å². The monoisotopic (exact) mass is 332 g/mol. The van der Waals surface area contributed by atoms with Crippen LogP contribution in [0.25, 0.3) is 0 Å². The van der Waals surface area contributed by atoms with Crippen molar-refractivity contribution in [1.82, 2.24) is 0 Å². The lowest BCUT2D eigenvalue weighted by Gasteiger charge is -2.12. The number of alkyl halides is 4. The van der Waals surface area contributed by atoms with Crippen LogP contribution in [-0.4, -0.2) is 11.7 Å². The molecule has 0 amide bonds. The summed E-state index contributed by atoms with van der Waals surface area (Å²) in [6.45, 7) is 0. The maximum absolute atomic E-state index is 13.4. The van der Waals surface area contributed by atoms with Gasteiger partial charge in [0.2, 0.25) is 0 Å². The molecular formula is C9H6BrClF4N2. The van der Waals surface area contributed by atoms with E-state index in [4.69, 9.17) is 17.3 Å². The van der Waals surface area contributed by atoms with Gasteiger partial charge in [-0.3, -0.25) is 0 Å². The maximum Gasteiger partial charge on any atom is 0.421 e. The van der Waals surface area contributed by atoms with Crippen LogP contribution < -0.4 is 5.73 Å². The highest BCUT2D eigenvalue weighted by molar-refractivity contribution is 9.10. The van der Waals surface area contributed by atoms with Gasteiger partial charge in [0.05, 0.1) is 16.0 Å². The number of nitrogens with two attached hydrogens (primary N) is 1. The minimum atomic E-state index is -4.86. The number of amidine groups is 1. The van der Waals surface area contributed by atoms with Crippen LogP contribution in [0.15, 0.2) is 21.6 Å². The lowest BCUT2D eigenvalue weighted by Crippen LogP contribution is -2.14. The Morgan fingerprint density at radius 2 is 2.00 bits per heavy atom. The number of halogens is 6. The third kappa shape index (κ3) is 3.32. The molecule has 94 valence electrons. The normalized spacial score (nSPS) is 12.9. The van der Waals surface area contributed by atoms with Gasteiger partial charge in [0, 0.05) is 0 Å². The van der Waals surface area contributed by atoms with Crippen molar-refractivity contribution in [2.75, 3.05) is 5.88 Å². The highest BCUT2D eigenvalue weighted by Crippen LogP contribution is 2.40. The number of rotatable bonds is 2. The molecule has 2 nitrogen and oxygen atoms in total. The number of hydrogen-bond donors (Lipinski definition) is 1. The zero-order valence-corrected chi connectivity index (χ0v) is 10.5. The molecule has 0 aliphatic carbocycles.